The van der Waals surface area contributed by atoms with Crippen LogP contribution in [0, 0.1) is 0 Å². The second-order valence-electron chi connectivity index (χ2n) is 3.83. The van der Waals surface area contributed by atoms with Gasteiger partial charge in [-0.2, -0.15) is 0 Å². The molecule has 0 saturated carbocycles. The summed E-state index contributed by atoms with van der Waals surface area (Å²) in [5, 5.41) is 0. The topological polar surface area (TPSA) is 35.2 Å². The zero-order valence-electron chi connectivity index (χ0n) is 9.59. The number of benzene rings is 2. The summed E-state index contributed by atoms with van der Waals surface area (Å²) in [4.78, 5) is 0. The first-order chi connectivity index (χ1) is 8.97. The molecule has 0 radical (unpaired) electrons. The lowest BCUT2D eigenvalue weighted by atomic mass is 10.2. The van der Waals surface area contributed by atoms with E-state index in [9.17, 15) is 0 Å². The molecule has 2 nitrogen and oxygen atoms in total. The third-order valence-electron chi connectivity index (χ3n) is 2.44. The maximum atomic E-state index is 5.94. The first-order valence-electron chi connectivity index (χ1n) is 5.28. The third-order valence-corrected chi connectivity index (χ3v) is 4.57. The molecule has 2 aromatic rings. The van der Waals surface area contributed by atoms with Crippen molar-refractivity contribution < 1.29 is 4.74 Å². The molecule has 0 aliphatic heterocycles. The van der Waals surface area contributed by atoms with E-state index in [4.69, 9.17) is 10.5 Å². The van der Waals surface area contributed by atoms with E-state index < -0.39 is 0 Å². The van der Waals surface area contributed by atoms with Crippen LogP contribution in [0.5, 0.6) is 5.75 Å². The fourth-order valence-corrected chi connectivity index (χ4v) is 4.38. The molecule has 0 aromatic heterocycles. The Kier molecular flexibility index (Phi) is 5.34. The minimum atomic E-state index is 0.415. The summed E-state index contributed by atoms with van der Waals surface area (Å²) < 4.78 is 9.51. The first kappa shape index (κ1) is 15.4. The van der Waals surface area contributed by atoms with Gasteiger partial charge in [0.15, 0.2) is 0 Å². The average Bonchev–Trinajstić information content (AvgIpc) is 2.30. The molecule has 2 rings (SSSR count). The predicted molar refractivity (Wildman–Crippen MR) is 92.4 cm³/mol. The number of hydrogen-bond acceptors (Lipinski definition) is 2. The Hall–Kier alpha value is -0.0400. The highest BCUT2D eigenvalue weighted by Crippen LogP contribution is 2.37. The van der Waals surface area contributed by atoms with Crippen molar-refractivity contribution >= 4 is 69.4 Å². The number of nitrogen functional groups attached to an aromatic ring is 1. The van der Waals surface area contributed by atoms with Gasteiger partial charge in [-0.15, -0.1) is 0 Å². The highest BCUT2D eigenvalue weighted by molar-refractivity contribution is 9.11. The second kappa shape index (κ2) is 6.61. The SMILES string of the molecule is Nc1cc(Br)ccc1COc1c(Br)cc(Br)cc1Br. The molecule has 100 valence electrons. The molecule has 0 bridgehead atoms. The Bertz CT molecular complexity index is 593. The van der Waals surface area contributed by atoms with Gasteiger partial charge in [0.2, 0.25) is 0 Å². The third kappa shape index (κ3) is 3.97. The largest absolute Gasteiger partial charge is 0.486 e. The molecule has 0 aliphatic rings. The van der Waals surface area contributed by atoms with Crippen LogP contribution < -0.4 is 10.5 Å². The van der Waals surface area contributed by atoms with Crippen molar-refractivity contribution in [2.45, 2.75) is 6.61 Å². The van der Waals surface area contributed by atoms with E-state index in [0.29, 0.717) is 12.3 Å². The van der Waals surface area contributed by atoms with E-state index >= 15 is 0 Å². The smallest absolute Gasteiger partial charge is 0.148 e. The highest BCUT2D eigenvalue weighted by Gasteiger charge is 2.09. The molecular formula is C13H9Br4NO. The summed E-state index contributed by atoms with van der Waals surface area (Å²) in [5.41, 5.74) is 7.60. The van der Waals surface area contributed by atoms with Gasteiger partial charge in [0.05, 0.1) is 8.95 Å². The van der Waals surface area contributed by atoms with Gasteiger partial charge in [0.1, 0.15) is 12.4 Å². The molecule has 0 aliphatic carbocycles. The molecule has 0 fully saturated rings. The van der Waals surface area contributed by atoms with Gasteiger partial charge in [0, 0.05) is 20.2 Å². The van der Waals surface area contributed by atoms with Crippen molar-refractivity contribution in [1.82, 2.24) is 0 Å². The summed E-state index contributed by atoms with van der Waals surface area (Å²) >= 11 is 13.8. The molecule has 19 heavy (non-hydrogen) atoms. The van der Waals surface area contributed by atoms with E-state index in [1.165, 1.54) is 0 Å². The first-order valence-corrected chi connectivity index (χ1v) is 8.46. The van der Waals surface area contributed by atoms with E-state index in [0.717, 1.165) is 29.2 Å². The van der Waals surface area contributed by atoms with E-state index in [1.807, 2.05) is 30.3 Å². The molecule has 2 N–H and O–H groups in total. The van der Waals surface area contributed by atoms with Gasteiger partial charge < -0.3 is 10.5 Å². The lowest BCUT2D eigenvalue weighted by Crippen LogP contribution is -2.01. The van der Waals surface area contributed by atoms with Crippen LogP contribution in [0.4, 0.5) is 5.69 Å². The van der Waals surface area contributed by atoms with Gasteiger partial charge >= 0.3 is 0 Å². The Labute approximate surface area is 145 Å². The number of ether oxygens (including phenoxy) is 1. The fraction of sp³-hybridized carbons (Fsp3) is 0.0769. The van der Waals surface area contributed by atoms with E-state index in [1.54, 1.807) is 0 Å². The maximum absolute atomic E-state index is 5.94. The van der Waals surface area contributed by atoms with Gasteiger partial charge in [-0.3, -0.25) is 0 Å². The maximum Gasteiger partial charge on any atom is 0.148 e. The Morgan fingerprint density at radius 3 is 2.11 bits per heavy atom. The van der Waals surface area contributed by atoms with Gasteiger partial charge in [0.25, 0.3) is 0 Å². The lowest BCUT2D eigenvalue weighted by Gasteiger charge is -2.12. The second-order valence-corrected chi connectivity index (χ2v) is 7.37. The zero-order valence-corrected chi connectivity index (χ0v) is 15.9. The van der Waals surface area contributed by atoms with Crippen LogP contribution in [0.1, 0.15) is 5.56 Å². The average molecular weight is 515 g/mol. The molecule has 0 heterocycles. The van der Waals surface area contributed by atoms with Crippen LogP contribution in [-0.4, -0.2) is 0 Å². The van der Waals surface area contributed by atoms with Crippen molar-refractivity contribution in [2.24, 2.45) is 0 Å². The molecule has 0 unspecified atom stereocenters. The Balaban J connectivity index is 2.19. The van der Waals surface area contributed by atoms with Crippen LogP contribution in [0.25, 0.3) is 0 Å². The number of halogens is 4. The molecule has 2 aromatic carbocycles. The summed E-state index contributed by atoms with van der Waals surface area (Å²) in [6.45, 7) is 0.415. The molecular weight excluding hydrogens is 506 g/mol. The molecule has 0 amide bonds. The van der Waals surface area contributed by atoms with Crippen LogP contribution >= 0.6 is 63.7 Å². The molecule has 0 spiro atoms. The number of hydrogen-bond donors (Lipinski definition) is 1. The summed E-state index contributed by atoms with van der Waals surface area (Å²) in [5.74, 6) is 0.755. The van der Waals surface area contributed by atoms with Crippen molar-refractivity contribution in [1.29, 1.82) is 0 Å². The minimum Gasteiger partial charge on any atom is -0.486 e. The lowest BCUT2D eigenvalue weighted by molar-refractivity contribution is 0.303. The number of rotatable bonds is 3. The van der Waals surface area contributed by atoms with Crippen LogP contribution in [-0.2, 0) is 6.61 Å². The molecule has 0 saturated heterocycles. The summed E-state index contributed by atoms with van der Waals surface area (Å²) in [6, 6.07) is 9.63. The highest BCUT2D eigenvalue weighted by atomic mass is 79.9. The summed E-state index contributed by atoms with van der Waals surface area (Å²) in [7, 11) is 0. The molecule has 6 heteroatoms. The number of nitrogens with two attached hydrogens (primary N) is 1. The van der Waals surface area contributed by atoms with Gasteiger partial charge in [-0.05, 0) is 56.1 Å². The Morgan fingerprint density at radius 1 is 0.895 bits per heavy atom. The molecule has 0 atom stereocenters. The van der Waals surface area contributed by atoms with E-state index in [-0.39, 0.29) is 0 Å². The van der Waals surface area contributed by atoms with Crippen molar-refractivity contribution in [2.75, 3.05) is 5.73 Å². The monoisotopic (exact) mass is 511 g/mol. The van der Waals surface area contributed by atoms with Crippen molar-refractivity contribution in [3.8, 4) is 5.75 Å². The zero-order chi connectivity index (χ0) is 14.0. The van der Waals surface area contributed by atoms with E-state index in [2.05, 4.69) is 63.7 Å². The normalized spacial score (nSPS) is 10.5. The predicted octanol–water partition coefficient (Wildman–Crippen LogP) is 5.90. The van der Waals surface area contributed by atoms with Crippen LogP contribution in [0.3, 0.4) is 0 Å². The van der Waals surface area contributed by atoms with Crippen LogP contribution in [0.15, 0.2) is 48.2 Å². The minimum absolute atomic E-state index is 0.415. The van der Waals surface area contributed by atoms with Crippen LogP contribution in [0.2, 0.25) is 0 Å². The number of anilines is 1. The summed E-state index contributed by atoms with van der Waals surface area (Å²) in [6.07, 6.45) is 0. The van der Waals surface area contributed by atoms with Gasteiger partial charge in [-0.1, -0.05) is 37.9 Å². The fourth-order valence-electron chi connectivity index (χ4n) is 1.51. The Morgan fingerprint density at radius 2 is 1.53 bits per heavy atom. The quantitative estimate of drug-likeness (QED) is 0.518. The van der Waals surface area contributed by atoms with Crippen molar-refractivity contribution in [3.05, 3.63) is 53.8 Å². The van der Waals surface area contributed by atoms with Gasteiger partial charge in [-0.25, -0.2) is 0 Å². The van der Waals surface area contributed by atoms with Crippen molar-refractivity contribution in [3.63, 3.8) is 0 Å². The standard InChI is InChI=1S/C13H9Br4NO/c14-8-2-1-7(12(18)5-8)6-19-13-10(16)3-9(15)4-11(13)17/h1-5H,6,18H2.